The topological polar surface area (TPSA) is 70.6 Å². The summed E-state index contributed by atoms with van der Waals surface area (Å²) in [5.74, 6) is 0.546. The maximum Gasteiger partial charge on any atom is 0.190 e. The summed E-state index contributed by atoms with van der Waals surface area (Å²) < 4.78 is 1.75. The van der Waals surface area contributed by atoms with Crippen LogP contribution in [0, 0.1) is 17.2 Å². The average Bonchev–Trinajstić information content (AvgIpc) is 3.41. The Morgan fingerprint density at radius 3 is 2.74 bits per heavy atom. The van der Waals surface area contributed by atoms with E-state index in [0.29, 0.717) is 39.2 Å². The molecule has 0 bridgehead atoms. The van der Waals surface area contributed by atoms with Crippen molar-refractivity contribution in [2.24, 2.45) is 5.92 Å². The van der Waals surface area contributed by atoms with E-state index in [1.807, 2.05) is 13.0 Å². The molecule has 1 saturated heterocycles. The van der Waals surface area contributed by atoms with Crippen molar-refractivity contribution in [3.8, 4) is 6.07 Å². The fourth-order valence-corrected chi connectivity index (χ4v) is 6.13. The fraction of sp³-hybridized carbons (Fsp3) is 0.462. The van der Waals surface area contributed by atoms with Crippen molar-refractivity contribution in [3.05, 3.63) is 57.5 Å². The monoisotopic (exact) mass is 494 g/mol. The predicted octanol–water partition coefficient (Wildman–Crippen LogP) is 6.28. The first-order valence-electron chi connectivity index (χ1n) is 11.9. The van der Waals surface area contributed by atoms with Gasteiger partial charge in [0, 0.05) is 22.1 Å². The number of benzene rings is 1. The van der Waals surface area contributed by atoms with Gasteiger partial charge in [0.2, 0.25) is 0 Å². The van der Waals surface area contributed by atoms with Crippen LogP contribution in [0.15, 0.2) is 30.5 Å². The molecule has 8 heteroatoms. The Morgan fingerprint density at radius 2 is 2.06 bits per heavy atom. The van der Waals surface area contributed by atoms with Crippen LogP contribution in [0.25, 0.3) is 16.7 Å². The van der Waals surface area contributed by atoms with Gasteiger partial charge in [0.1, 0.15) is 11.6 Å². The number of aromatic nitrogens is 4. The summed E-state index contributed by atoms with van der Waals surface area (Å²) in [6, 6.07) is 8.58. The van der Waals surface area contributed by atoms with Crippen molar-refractivity contribution >= 4 is 39.9 Å². The Kier molecular flexibility index (Phi) is 6.37. The van der Waals surface area contributed by atoms with Crippen LogP contribution < -0.4 is 0 Å². The van der Waals surface area contributed by atoms with Gasteiger partial charge in [-0.15, -0.1) is 0 Å². The highest BCUT2D eigenvalue weighted by atomic mass is 35.5. The second-order valence-corrected chi connectivity index (χ2v) is 10.5. The Hall–Kier alpha value is -2.46. The largest absolute Gasteiger partial charge is 0.297 e. The normalized spacial score (nSPS) is 24.2. The van der Waals surface area contributed by atoms with Crippen LogP contribution >= 0.6 is 23.2 Å². The summed E-state index contributed by atoms with van der Waals surface area (Å²) in [6.07, 6.45) is 8.70. The lowest BCUT2D eigenvalue weighted by molar-refractivity contribution is 0.140. The molecule has 0 amide bonds. The molecule has 2 aliphatic rings. The lowest BCUT2D eigenvalue weighted by Gasteiger charge is -2.38. The summed E-state index contributed by atoms with van der Waals surface area (Å²) in [4.78, 5) is 12.3. The summed E-state index contributed by atoms with van der Waals surface area (Å²) in [6.45, 7) is 7.88. The van der Waals surface area contributed by atoms with Gasteiger partial charge >= 0.3 is 0 Å². The van der Waals surface area contributed by atoms with Crippen molar-refractivity contribution in [2.75, 3.05) is 6.54 Å². The molecule has 176 valence electrons. The summed E-state index contributed by atoms with van der Waals surface area (Å²) in [7, 11) is 0. The van der Waals surface area contributed by atoms with Crippen molar-refractivity contribution < 1.29 is 0 Å². The Balaban J connectivity index is 1.51. The molecule has 0 N–H and O–H groups in total. The lowest BCUT2D eigenvalue weighted by Crippen LogP contribution is -2.42. The predicted molar refractivity (Wildman–Crippen MR) is 136 cm³/mol. The SMILES string of the molecule is CC1CC(c2cnc3c(C#N)nn([C@H](C)c4ccc(Cl)cc4Cl)c3n2)=CCC1N1CCC[C@H]1C. The third kappa shape index (κ3) is 4.11. The van der Waals surface area contributed by atoms with Gasteiger partial charge in [-0.2, -0.15) is 10.4 Å². The molecule has 1 fully saturated rings. The van der Waals surface area contributed by atoms with Gasteiger partial charge < -0.3 is 0 Å². The minimum Gasteiger partial charge on any atom is -0.297 e. The van der Waals surface area contributed by atoms with Crippen LogP contribution in [-0.2, 0) is 0 Å². The van der Waals surface area contributed by atoms with E-state index in [0.717, 1.165) is 24.1 Å². The van der Waals surface area contributed by atoms with E-state index < -0.39 is 0 Å². The van der Waals surface area contributed by atoms with Crippen LogP contribution in [0.4, 0.5) is 0 Å². The zero-order valence-electron chi connectivity index (χ0n) is 19.7. The molecule has 6 nitrogen and oxygen atoms in total. The number of hydrogen-bond donors (Lipinski definition) is 0. The van der Waals surface area contributed by atoms with E-state index in [2.05, 4.69) is 41.0 Å². The second-order valence-electron chi connectivity index (χ2n) is 9.62. The summed E-state index contributed by atoms with van der Waals surface area (Å²) >= 11 is 12.6. The van der Waals surface area contributed by atoms with E-state index >= 15 is 0 Å². The molecule has 0 spiro atoms. The Morgan fingerprint density at radius 1 is 1.24 bits per heavy atom. The molecule has 0 saturated carbocycles. The first kappa shape index (κ1) is 23.3. The molecule has 3 heterocycles. The molecule has 2 aromatic heterocycles. The van der Waals surface area contributed by atoms with Crippen molar-refractivity contribution in [1.29, 1.82) is 5.26 Å². The number of hydrogen-bond acceptors (Lipinski definition) is 5. The molecule has 4 atom stereocenters. The van der Waals surface area contributed by atoms with E-state index in [1.54, 1.807) is 23.0 Å². The van der Waals surface area contributed by atoms with Crippen LogP contribution in [0.3, 0.4) is 0 Å². The van der Waals surface area contributed by atoms with Crippen molar-refractivity contribution in [3.63, 3.8) is 0 Å². The van der Waals surface area contributed by atoms with Gasteiger partial charge in [0.25, 0.3) is 0 Å². The number of fused-ring (bicyclic) bond motifs is 1. The molecular weight excluding hydrogens is 467 g/mol. The van der Waals surface area contributed by atoms with Crippen molar-refractivity contribution in [2.45, 2.75) is 64.6 Å². The smallest absolute Gasteiger partial charge is 0.190 e. The highest BCUT2D eigenvalue weighted by Crippen LogP contribution is 2.36. The number of likely N-dealkylation sites (tertiary alicyclic amines) is 1. The molecule has 1 aliphatic carbocycles. The Labute approximate surface area is 210 Å². The Bertz CT molecular complexity index is 1310. The average molecular weight is 495 g/mol. The highest BCUT2D eigenvalue weighted by Gasteiger charge is 2.33. The van der Waals surface area contributed by atoms with Gasteiger partial charge in [0.05, 0.1) is 17.9 Å². The molecule has 0 radical (unpaired) electrons. The molecule has 1 aliphatic heterocycles. The molecule has 34 heavy (non-hydrogen) atoms. The van der Waals surface area contributed by atoms with Gasteiger partial charge in [0.15, 0.2) is 11.3 Å². The van der Waals surface area contributed by atoms with Crippen LogP contribution in [0.5, 0.6) is 0 Å². The molecular formula is C26H28Cl2N6. The number of halogens is 2. The number of allylic oxidation sites excluding steroid dienone is 1. The van der Waals surface area contributed by atoms with E-state index in [4.69, 9.17) is 28.2 Å². The zero-order valence-corrected chi connectivity index (χ0v) is 21.2. The van der Waals surface area contributed by atoms with E-state index in [1.165, 1.54) is 25.0 Å². The van der Waals surface area contributed by atoms with Gasteiger partial charge in [-0.25, -0.2) is 14.6 Å². The molecule has 3 aromatic rings. The summed E-state index contributed by atoms with van der Waals surface area (Å²) in [5.41, 5.74) is 4.30. The third-order valence-electron chi connectivity index (χ3n) is 7.45. The van der Waals surface area contributed by atoms with Gasteiger partial charge in [-0.1, -0.05) is 42.3 Å². The minimum absolute atomic E-state index is 0.237. The zero-order chi connectivity index (χ0) is 24.0. The van der Waals surface area contributed by atoms with E-state index in [-0.39, 0.29) is 11.7 Å². The molecule has 2 unspecified atom stereocenters. The first-order valence-corrected chi connectivity index (χ1v) is 12.7. The van der Waals surface area contributed by atoms with Gasteiger partial charge in [-0.05, 0) is 75.3 Å². The first-order chi connectivity index (χ1) is 16.4. The maximum atomic E-state index is 9.65. The van der Waals surface area contributed by atoms with Crippen LogP contribution in [0.1, 0.15) is 69.4 Å². The minimum atomic E-state index is -0.237. The fourth-order valence-electron chi connectivity index (χ4n) is 5.56. The standard InChI is InChI=1S/C26H28Cl2N6/c1-15-11-18(6-9-24(15)33-10-4-5-16(33)2)23-14-30-25-22(13-29)32-34(26(25)31-23)17(3)20-8-7-19(27)12-21(20)28/h6-8,12,14-17,24H,4-5,9-11H2,1-3H3/t15?,16-,17-,24?/m1/s1. The lowest BCUT2D eigenvalue weighted by atomic mass is 9.83. The van der Waals surface area contributed by atoms with Gasteiger partial charge in [-0.3, -0.25) is 4.90 Å². The quantitative estimate of drug-likeness (QED) is 0.426. The molecule has 5 rings (SSSR count). The maximum absolute atomic E-state index is 9.65. The van der Waals surface area contributed by atoms with Crippen molar-refractivity contribution in [1.82, 2.24) is 24.6 Å². The molecule has 1 aromatic carbocycles. The number of rotatable bonds is 4. The summed E-state index contributed by atoms with van der Waals surface area (Å²) in [5, 5.41) is 15.3. The van der Waals surface area contributed by atoms with Crippen LogP contribution in [-0.4, -0.2) is 43.3 Å². The number of nitrogens with zero attached hydrogens (tertiary/aromatic N) is 6. The highest BCUT2D eigenvalue weighted by molar-refractivity contribution is 6.35. The second kappa shape index (κ2) is 9.30. The number of nitriles is 1. The van der Waals surface area contributed by atoms with E-state index in [9.17, 15) is 5.26 Å². The third-order valence-corrected chi connectivity index (χ3v) is 8.01. The van der Waals surface area contributed by atoms with Crippen LogP contribution in [0.2, 0.25) is 10.0 Å².